The van der Waals surface area contributed by atoms with Crippen LogP contribution in [0.3, 0.4) is 0 Å². The minimum Gasteiger partial charge on any atom is -0.445 e. The van der Waals surface area contributed by atoms with Gasteiger partial charge in [0, 0.05) is 26.1 Å². The predicted octanol–water partition coefficient (Wildman–Crippen LogP) is 8.40. The van der Waals surface area contributed by atoms with Crippen LogP contribution >= 0.6 is 0 Å². The van der Waals surface area contributed by atoms with Crippen molar-refractivity contribution in [2.45, 2.75) is 103 Å². The molecular formula is C48H61N5O9. The minimum absolute atomic E-state index is 0.00147. The molecule has 0 aromatic heterocycles. The van der Waals surface area contributed by atoms with Crippen molar-refractivity contribution < 1.29 is 42.9 Å². The fraction of sp³-hybridized carbons (Fsp3) is 0.396. The summed E-state index contributed by atoms with van der Waals surface area (Å²) in [5, 5.41) is 11.3. The van der Waals surface area contributed by atoms with Gasteiger partial charge in [0.15, 0.2) is 0 Å². The predicted molar refractivity (Wildman–Crippen MR) is 236 cm³/mol. The summed E-state index contributed by atoms with van der Waals surface area (Å²) in [7, 11) is 0. The van der Waals surface area contributed by atoms with Crippen LogP contribution in [0.2, 0.25) is 0 Å². The SMILES string of the molecule is CC(C)(C)OC(=O)NC(Cc1ccccc1)C(=O)NC(CCCCCCNC(=O)OCc1ccccc1)N(CCCNC(=O)OCc1ccccc1)C(=O)OCc1ccccc1. The molecule has 2 atom stereocenters. The van der Waals surface area contributed by atoms with Gasteiger partial charge in [-0.25, -0.2) is 19.2 Å². The van der Waals surface area contributed by atoms with Gasteiger partial charge in [0.05, 0.1) is 0 Å². The van der Waals surface area contributed by atoms with Crippen LogP contribution in [0.4, 0.5) is 19.2 Å². The summed E-state index contributed by atoms with van der Waals surface area (Å²) in [4.78, 5) is 67.5. The fourth-order valence-corrected chi connectivity index (χ4v) is 6.25. The molecule has 0 fully saturated rings. The van der Waals surface area contributed by atoms with Crippen LogP contribution in [-0.2, 0) is 50.0 Å². The largest absolute Gasteiger partial charge is 0.445 e. The molecule has 0 bridgehead atoms. The molecule has 62 heavy (non-hydrogen) atoms. The molecule has 0 saturated carbocycles. The van der Waals surface area contributed by atoms with Crippen LogP contribution in [0.25, 0.3) is 0 Å². The zero-order chi connectivity index (χ0) is 44.4. The van der Waals surface area contributed by atoms with E-state index in [4.69, 9.17) is 18.9 Å². The first-order chi connectivity index (χ1) is 29.9. The highest BCUT2D eigenvalue weighted by molar-refractivity contribution is 5.86. The lowest BCUT2D eigenvalue weighted by Gasteiger charge is -2.33. The average molecular weight is 852 g/mol. The highest BCUT2D eigenvalue weighted by atomic mass is 16.6. The van der Waals surface area contributed by atoms with Gasteiger partial charge in [-0.3, -0.25) is 9.69 Å². The zero-order valence-corrected chi connectivity index (χ0v) is 36.0. The van der Waals surface area contributed by atoms with E-state index >= 15 is 0 Å². The molecule has 0 radical (unpaired) electrons. The minimum atomic E-state index is -1.05. The van der Waals surface area contributed by atoms with Crippen molar-refractivity contribution in [3.63, 3.8) is 0 Å². The maximum absolute atomic E-state index is 14.3. The number of carbonyl (C=O) groups excluding carboxylic acids is 5. The second-order valence-electron chi connectivity index (χ2n) is 15.7. The lowest BCUT2D eigenvalue weighted by Crippen LogP contribution is -2.57. The number of hydrogen-bond acceptors (Lipinski definition) is 9. The van der Waals surface area contributed by atoms with E-state index in [-0.39, 0.29) is 39.3 Å². The van der Waals surface area contributed by atoms with E-state index in [0.29, 0.717) is 32.2 Å². The Bertz CT molecular complexity index is 1930. The molecule has 4 aromatic rings. The van der Waals surface area contributed by atoms with E-state index < -0.39 is 48.1 Å². The van der Waals surface area contributed by atoms with Gasteiger partial charge in [-0.1, -0.05) is 134 Å². The quantitative estimate of drug-likeness (QED) is 0.0325. The number of nitrogens with one attached hydrogen (secondary N) is 4. The number of rotatable bonds is 23. The van der Waals surface area contributed by atoms with Crippen molar-refractivity contribution in [2.75, 3.05) is 19.6 Å². The van der Waals surface area contributed by atoms with Gasteiger partial charge in [-0.15, -0.1) is 0 Å². The number of unbranched alkanes of at least 4 members (excludes halogenated alkanes) is 3. The summed E-state index contributed by atoms with van der Waals surface area (Å²) in [5.41, 5.74) is 2.53. The lowest BCUT2D eigenvalue weighted by molar-refractivity contribution is -0.125. The van der Waals surface area contributed by atoms with Crippen molar-refractivity contribution in [2.24, 2.45) is 0 Å². The Kier molecular flexibility index (Phi) is 20.6. The van der Waals surface area contributed by atoms with Crippen molar-refractivity contribution >= 4 is 30.3 Å². The Morgan fingerprint density at radius 1 is 0.532 bits per heavy atom. The molecule has 4 N–H and O–H groups in total. The smallest absolute Gasteiger partial charge is 0.411 e. The molecule has 0 saturated heterocycles. The summed E-state index contributed by atoms with van der Waals surface area (Å²) in [6, 6.07) is 36.2. The van der Waals surface area contributed by atoms with Crippen LogP contribution < -0.4 is 21.3 Å². The van der Waals surface area contributed by atoms with Crippen LogP contribution in [-0.4, -0.2) is 72.6 Å². The first-order valence-corrected chi connectivity index (χ1v) is 21.2. The molecule has 0 heterocycles. The van der Waals surface area contributed by atoms with E-state index in [9.17, 15) is 24.0 Å². The molecule has 0 aliphatic heterocycles. The second-order valence-corrected chi connectivity index (χ2v) is 15.7. The van der Waals surface area contributed by atoms with Gasteiger partial charge in [0.25, 0.3) is 0 Å². The Morgan fingerprint density at radius 3 is 1.48 bits per heavy atom. The van der Waals surface area contributed by atoms with Crippen LogP contribution in [0.5, 0.6) is 0 Å². The molecule has 5 amide bonds. The van der Waals surface area contributed by atoms with Gasteiger partial charge in [-0.05, 0) is 68.7 Å². The van der Waals surface area contributed by atoms with Crippen molar-refractivity contribution in [1.29, 1.82) is 0 Å². The molecule has 0 aliphatic carbocycles. The third kappa shape index (κ3) is 19.7. The monoisotopic (exact) mass is 851 g/mol. The third-order valence-electron chi connectivity index (χ3n) is 9.36. The van der Waals surface area contributed by atoms with Crippen LogP contribution in [0.1, 0.15) is 81.5 Å². The first-order valence-electron chi connectivity index (χ1n) is 21.2. The Labute approximate surface area is 365 Å². The van der Waals surface area contributed by atoms with Crippen LogP contribution in [0.15, 0.2) is 121 Å². The van der Waals surface area contributed by atoms with Gasteiger partial charge in [0.2, 0.25) is 5.91 Å². The van der Waals surface area contributed by atoms with E-state index in [2.05, 4.69) is 21.3 Å². The molecule has 14 heteroatoms. The maximum atomic E-state index is 14.3. The van der Waals surface area contributed by atoms with Gasteiger partial charge in [-0.2, -0.15) is 0 Å². The fourth-order valence-electron chi connectivity index (χ4n) is 6.25. The number of ether oxygens (including phenoxy) is 4. The van der Waals surface area contributed by atoms with Gasteiger partial charge in [0.1, 0.15) is 37.6 Å². The van der Waals surface area contributed by atoms with Crippen molar-refractivity contribution in [3.8, 4) is 0 Å². The summed E-state index contributed by atoms with van der Waals surface area (Å²) in [5.74, 6) is -0.522. The number of nitrogens with zero attached hydrogens (tertiary/aromatic N) is 1. The van der Waals surface area contributed by atoms with Gasteiger partial charge < -0.3 is 40.2 Å². The highest BCUT2D eigenvalue weighted by Crippen LogP contribution is 2.15. The Balaban J connectivity index is 1.45. The maximum Gasteiger partial charge on any atom is 0.411 e. The standard InChI is InChI=1S/C48H61N5O9/c1-48(2,3)62-46(57)51-41(33-37-21-10-6-11-22-37)43(54)52-42(29-18-4-5-19-30-49-44(55)59-34-38-23-12-7-13-24-38)53(47(58)61-36-40-27-16-9-17-28-40)32-20-31-50-45(56)60-35-39-25-14-8-15-26-39/h6-17,21-28,41-42H,4-5,18-20,29-36H2,1-3H3,(H,49,55)(H,50,56)(H,51,57)(H,52,54). The topological polar surface area (TPSA) is 174 Å². The first kappa shape index (κ1) is 48.1. The molecular weight excluding hydrogens is 791 g/mol. The normalized spacial score (nSPS) is 11.9. The van der Waals surface area contributed by atoms with Crippen LogP contribution in [0, 0.1) is 0 Å². The average Bonchev–Trinajstić information content (AvgIpc) is 3.26. The molecule has 4 rings (SSSR count). The van der Waals surface area contributed by atoms with Crippen molar-refractivity contribution in [1.82, 2.24) is 26.2 Å². The molecule has 14 nitrogen and oxygen atoms in total. The zero-order valence-electron chi connectivity index (χ0n) is 36.0. The summed E-state index contributed by atoms with van der Waals surface area (Å²) < 4.78 is 22.0. The summed E-state index contributed by atoms with van der Waals surface area (Å²) in [6.45, 7) is 6.19. The second kappa shape index (κ2) is 26.6. The number of carbonyl (C=O) groups is 5. The highest BCUT2D eigenvalue weighted by Gasteiger charge is 2.31. The summed E-state index contributed by atoms with van der Waals surface area (Å²) >= 11 is 0. The number of amides is 5. The molecule has 0 aliphatic rings. The molecule has 0 spiro atoms. The van der Waals surface area contributed by atoms with E-state index in [1.807, 2.05) is 121 Å². The Morgan fingerprint density at radius 2 is 0.984 bits per heavy atom. The van der Waals surface area contributed by atoms with E-state index in [1.54, 1.807) is 20.8 Å². The Hall–Kier alpha value is -6.57. The molecule has 4 aromatic carbocycles. The number of benzene rings is 4. The molecule has 2 unspecified atom stereocenters. The third-order valence-corrected chi connectivity index (χ3v) is 9.36. The summed E-state index contributed by atoms with van der Waals surface area (Å²) in [6.07, 6.45) is 0.187. The van der Waals surface area contributed by atoms with Crippen molar-refractivity contribution in [3.05, 3.63) is 144 Å². The molecule has 332 valence electrons. The van der Waals surface area contributed by atoms with E-state index in [0.717, 1.165) is 35.1 Å². The van der Waals surface area contributed by atoms with Gasteiger partial charge >= 0.3 is 24.4 Å². The lowest BCUT2D eigenvalue weighted by atomic mass is 10.0. The number of alkyl carbamates (subject to hydrolysis) is 3. The number of hydrogen-bond donors (Lipinski definition) is 4. The van der Waals surface area contributed by atoms with E-state index in [1.165, 1.54) is 4.90 Å².